The van der Waals surface area contributed by atoms with E-state index >= 15 is 0 Å². The van der Waals surface area contributed by atoms with Crippen LogP contribution < -0.4 is 5.73 Å². The minimum Gasteiger partial charge on any atom is -0.369 e. The minimum atomic E-state index is -0.411. The van der Waals surface area contributed by atoms with E-state index in [1.165, 1.54) is 18.9 Å². The average molecular weight is 369 g/mol. The first-order valence-corrected chi connectivity index (χ1v) is 8.74. The Morgan fingerprint density at radius 2 is 2.23 bits per heavy atom. The Bertz CT molecular complexity index is 576. The maximum Gasteiger partial charge on any atom is 0.224 e. The molecule has 0 aromatic heterocycles. The molecule has 1 amide bonds. The number of hydrogen-bond donors (Lipinski definition) is 1. The molecule has 120 valence electrons. The Balaban J connectivity index is 1.72. The molecule has 1 atom stereocenters. The maximum absolute atomic E-state index is 14.0. The lowest BCUT2D eigenvalue weighted by Crippen LogP contribution is -2.50. The molecule has 3 rings (SSSR count). The summed E-state index contributed by atoms with van der Waals surface area (Å²) in [6.45, 7) is 2.10. The van der Waals surface area contributed by atoms with Gasteiger partial charge in [0.05, 0.1) is 5.41 Å². The van der Waals surface area contributed by atoms with Crippen molar-refractivity contribution in [1.82, 2.24) is 4.90 Å². The van der Waals surface area contributed by atoms with Crippen LogP contribution in [-0.2, 0) is 11.3 Å². The molecule has 2 N–H and O–H groups in total. The standard InChI is InChI=1S/C17H22BrFN2O/c18-14-5-4-13(15(19)8-14)10-21-7-1-6-17(11-21,16(20)22)9-12-2-3-12/h4-5,8,12H,1-3,6-7,9-11H2,(H2,20,22). The van der Waals surface area contributed by atoms with Gasteiger partial charge in [-0.3, -0.25) is 9.69 Å². The second kappa shape index (κ2) is 6.28. The van der Waals surface area contributed by atoms with Gasteiger partial charge in [-0.05, 0) is 43.9 Å². The fraction of sp³-hybridized carbons (Fsp3) is 0.588. The molecule has 22 heavy (non-hydrogen) atoms. The molecule has 2 fully saturated rings. The first kappa shape index (κ1) is 15.9. The van der Waals surface area contributed by atoms with Crippen molar-refractivity contribution in [3.8, 4) is 0 Å². The Labute approximate surface area is 139 Å². The lowest BCUT2D eigenvalue weighted by molar-refractivity contribution is -0.132. The van der Waals surface area contributed by atoms with Crippen molar-refractivity contribution in [2.24, 2.45) is 17.1 Å². The number of likely N-dealkylation sites (tertiary alicyclic amines) is 1. The highest BCUT2D eigenvalue weighted by Gasteiger charge is 2.44. The molecule has 1 unspecified atom stereocenters. The van der Waals surface area contributed by atoms with Gasteiger partial charge in [0.1, 0.15) is 5.82 Å². The van der Waals surface area contributed by atoms with Crippen LogP contribution in [-0.4, -0.2) is 23.9 Å². The van der Waals surface area contributed by atoms with Crippen molar-refractivity contribution >= 4 is 21.8 Å². The maximum atomic E-state index is 14.0. The monoisotopic (exact) mass is 368 g/mol. The molecule has 0 spiro atoms. The van der Waals surface area contributed by atoms with E-state index in [0.717, 1.165) is 30.3 Å². The van der Waals surface area contributed by atoms with Crippen molar-refractivity contribution in [3.05, 3.63) is 34.1 Å². The molecule has 0 radical (unpaired) electrons. The number of amides is 1. The summed E-state index contributed by atoms with van der Waals surface area (Å²) in [7, 11) is 0. The van der Waals surface area contributed by atoms with Crippen LogP contribution in [0.5, 0.6) is 0 Å². The van der Waals surface area contributed by atoms with E-state index < -0.39 is 5.41 Å². The summed E-state index contributed by atoms with van der Waals surface area (Å²) in [5.41, 5.74) is 6.00. The Hall–Kier alpha value is -0.940. The van der Waals surface area contributed by atoms with Gasteiger partial charge in [0, 0.05) is 23.1 Å². The van der Waals surface area contributed by atoms with Crippen LogP contribution in [0.4, 0.5) is 4.39 Å². The van der Waals surface area contributed by atoms with E-state index in [9.17, 15) is 9.18 Å². The average Bonchev–Trinajstić information content (AvgIpc) is 3.26. The predicted molar refractivity (Wildman–Crippen MR) is 87.6 cm³/mol. The van der Waals surface area contributed by atoms with Crippen LogP contribution in [0.3, 0.4) is 0 Å². The molecule has 1 heterocycles. The van der Waals surface area contributed by atoms with Crippen molar-refractivity contribution in [2.75, 3.05) is 13.1 Å². The quantitative estimate of drug-likeness (QED) is 0.864. The number of piperidine rings is 1. The zero-order chi connectivity index (χ0) is 15.7. The van der Waals surface area contributed by atoms with Crippen LogP contribution in [0.25, 0.3) is 0 Å². The van der Waals surface area contributed by atoms with Gasteiger partial charge in [-0.15, -0.1) is 0 Å². The van der Waals surface area contributed by atoms with E-state index in [1.807, 2.05) is 6.07 Å². The molecule has 0 bridgehead atoms. The van der Waals surface area contributed by atoms with E-state index in [-0.39, 0.29) is 11.7 Å². The number of nitrogens with zero attached hydrogens (tertiary/aromatic N) is 1. The molecule has 1 saturated heterocycles. The van der Waals surface area contributed by atoms with Crippen LogP contribution in [0.15, 0.2) is 22.7 Å². The smallest absolute Gasteiger partial charge is 0.224 e. The topological polar surface area (TPSA) is 46.3 Å². The largest absolute Gasteiger partial charge is 0.369 e. The summed E-state index contributed by atoms with van der Waals surface area (Å²) in [6.07, 6.45) is 5.17. The van der Waals surface area contributed by atoms with Crippen molar-refractivity contribution < 1.29 is 9.18 Å². The second-order valence-corrected chi connectivity index (χ2v) is 7.76. The normalized spacial score (nSPS) is 26.1. The predicted octanol–water partition coefficient (Wildman–Crippen LogP) is 3.46. The highest BCUT2D eigenvalue weighted by Crippen LogP contribution is 2.44. The van der Waals surface area contributed by atoms with Gasteiger partial charge in [0.25, 0.3) is 0 Å². The van der Waals surface area contributed by atoms with Crippen molar-refractivity contribution in [3.63, 3.8) is 0 Å². The molecule has 5 heteroatoms. The summed E-state index contributed by atoms with van der Waals surface area (Å²) in [4.78, 5) is 14.2. The number of primary amides is 1. The first-order chi connectivity index (χ1) is 10.5. The lowest BCUT2D eigenvalue weighted by atomic mass is 9.75. The minimum absolute atomic E-state index is 0.180. The van der Waals surface area contributed by atoms with Gasteiger partial charge in [-0.2, -0.15) is 0 Å². The van der Waals surface area contributed by atoms with Gasteiger partial charge in [-0.25, -0.2) is 4.39 Å². The highest BCUT2D eigenvalue weighted by molar-refractivity contribution is 9.10. The first-order valence-electron chi connectivity index (χ1n) is 7.95. The summed E-state index contributed by atoms with van der Waals surface area (Å²) in [5.74, 6) is 0.282. The third-order valence-corrected chi connectivity index (χ3v) is 5.46. The van der Waals surface area contributed by atoms with E-state index in [2.05, 4.69) is 20.8 Å². The van der Waals surface area contributed by atoms with Gasteiger partial charge in [-0.1, -0.05) is 34.8 Å². The van der Waals surface area contributed by atoms with E-state index in [0.29, 0.717) is 24.6 Å². The molecule has 1 aliphatic carbocycles. The Kier molecular flexibility index (Phi) is 4.55. The zero-order valence-electron chi connectivity index (χ0n) is 12.7. The summed E-state index contributed by atoms with van der Waals surface area (Å²) in [6, 6.07) is 5.15. The number of carbonyl (C=O) groups is 1. The third-order valence-electron chi connectivity index (χ3n) is 4.96. The Morgan fingerprint density at radius 1 is 1.45 bits per heavy atom. The fourth-order valence-corrected chi connectivity index (χ4v) is 3.93. The van der Waals surface area contributed by atoms with E-state index in [4.69, 9.17) is 5.73 Å². The zero-order valence-corrected chi connectivity index (χ0v) is 14.2. The highest BCUT2D eigenvalue weighted by atomic mass is 79.9. The third kappa shape index (κ3) is 3.51. The summed E-state index contributed by atoms with van der Waals surface area (Å²) < 4.78 is 14.8. The van der Waals surface area contributed by atoms with Gasteiger partial charge in [0.15, 0.2) is 0 Å². The second-order valence-electron chi connectivity index (χ2n) is 6.84. The van der Waals surface area contributed by atoms with Gasteiger partial charge < -0.3 is 5.73 Å². The van der Waals surface area contributed by atoms with E-state index in [1.54, 1.807) is 6.07 Å². The summed E-state index contributed by atoms with van der Waals surface area (Å²) in [5, 5.41) is 0. The molecular formula is C17H22BrFN2O. The van der Waals surface area contributed by atoms with Crippen LogP contribution in [0, 0.1) is 17.2 Å². The van der Waals surface area contributed by atoms with Crippen LogP contribution in [0.2, 0.25) is 0 Å². The number of halogens is 2. The molecule has 1 aromatic rings. The molecule has 1 aromatic carbocycles. The lowest BCUT2D eigenvalue weighted by Gasteiger charge is -2.41. The SMILES string of the molecule is NC(=O)C1(CC2CC2)CCCN(Cc2ccc(Br)cc2F)C1. The molecule has 1 aliphatic heterocycles. The molecule has 3 nitrogen and oxygen atoms in total. The summed E-state index contributed by atoms with van der Waals surface area (Å²) >= 11 is 3.28. The number of hydrogen-bond acceptors (Lipinski definition) is 2. The van der Waals surface area contributed by atoms with Crippen LogP contribution in [0.1, 0.15) is 37.7 Å². The van der Waals surface area contributed by atoms with Crippen molar-refractivity contribution in [1.29, 1.82) is 0 Å². The van der Waals surface area contributed by atoms with Gasteiger partial charge >= 0.3 is 0 Å². The number of nitrogens with two attached hydrogens (primary N) is 1. The number of carbonyl (C=O) groups excluding carboxylic acids is 1. The number of rotatable bonds is 5. The van der Waals surface area contributed by atoms with Crippen LogP contribution >= 0.6 is 15.9 Å². The molecule has 2 aliphatic rings. The number of benzene rings is 1. The molecule has 1 saturated carbocycles. The Morgan fingerprint density at radius 3 is 2.86 bits per heavy atom. The van der Waals surface area contributed by atoms with Gasteiger partial charge in [0.2, 0.25) is 5.91 Å². The molecular weight excluding hydrogens is 347 g/mol. The fourth-order valence-electron chi connectivity index (χ4n) is 3.60. The van der Waals surface area contributed by atoms with Crippen molar-refractivity contribution in [2.45, 2.75) is 38.6 Å².